The van der Waals surface area contributed by atoms with Crippen molar-refractivity contribution in [1.82, 2.24) is 14.9 Å². The van der Waals surface area contributed by atoms with Crippen LogP contribution in [0.2, 0.25) is 0 Å². The molecule has 0 amide bonds. The Bertz CT molecular complexity index is 350. The second kappa shape index (κ2) is 5.91. The number of nitrogens with one attached hydrogen (secondary N) is 1. The molecule has 1 aromatic heterocycles. The number of anilines is 1. The third kappa shape index (κ3) is 3.93. The van der Waals surface area contributed by atoms with Crippen LogP contribution in [0, 0.1) is 11.9 Å². The molecular formula is C12H19FN4. The molecule has 17 heavy (non-hydrogen) atoms. The summed E-state index contributed by atoms with van der Waals surface area (Å²) in [5.74, 6) is 0.873. The van der Waals surface area contributed by atoms with Crippen LogP contribution in [0.4, 0.5) is 10.2 Å². The van der Waals surface area contributed by atoms with Gasteiger partial charge in [0, 0.05) is 12.6 Å². The minimum atomic E-state index is -0.484. The van der Waals surface area contributed by atoms with Gasteiger partial charge in [0.25, 0.3) is 0 Å². The van der Waals surface area contributed by atoms with Gasteiger partial charge in [0.1, 0.15) is 12.1 Å². The van der Waals surface area contributed by atoms with Crippen molar-refractivity contribution in [2.45, 2.75) is 19.3 Å². The van der Waals surface area contributed by atoms with Crippen LogP contribution in [0.1, 0.15) is 19.3 Å². The van der Waals surface area contributed by atoms with Gasteiger partial charge in [0.05, 0.1) is 0 Å². The normalized spacial score (nSPS) is 18.2. The Labute approximate surface area is 101 Å². The van der Waals surface area contributed by atoms with E-state index in [0.29, 0.717) is 5.82 Å². The third-order valence-electron chi connectivity index (χ3n) is 3.33. The molecule has 0 radical (unpaired) electrons. The molecule has 0 spiro atoms. The highest BCUT2D eigenvalue weighted by Gasteiger charge is 2.15. The molecule has 4 nitrogen and oxygen atoms in total. The largest absolute Gasteiger partial charge is 0.370 e. The van der Waals surface area contributed by atoms with E-state index in [2.05, 4.69) is 27.2 Å². The number of halogens is 1. The quantitative estimate of drug-likeness (QED) is 0.812. The lowest BCUT2D eigenvalue weighted by Crippen LogP contribution is -2.30. The molecule has 1 aliphatic rings. The van der Waals surface area contributed by atoms with Gasteiger partial charge in [-0.15, -0.1) is 0 Å². The Balaban J connectivity index is 1.69. The van der Waals surface area contributed by atoms with Crippen LogP contribution in [0.25, 0.3) is 0 Å². The molecule has 2 heterocycles. The summed E-state index contributed by atoms with van der Waals surface area (Å²) in [5, 5.41) is 3.14. The van der Waals surface area contributed by atoms with Crippen molar-refractivity contribution in [1.29, 1.82) is 0 Å². The third-order valence-corrected chi connectivity index (χ3v) is 3.33. The molecule has 1 aromatic rings. The maximum Gasteiger partial charge on any atom is 0.217 e. The highest BCUT2D eigenvalue weighted by Crippen LogP contribution is 2.19. The fraction of sp³-hybridized carbons (Fsp3) is 0.667. The van der Waals surface area contributed by atoms with Crippen molar-refractivity contribution in [2.24, 2.45) is 5.92 Å². The predicted octanol–water partition coefficient (Wildman–Crippen LogP) is 1.76. The summed E-state index contributed by atoms with van der Waals surface area (Å²) in [4.78, 5) is 9.75. The topological polar surface area (TPSA) is 41.0 Å². The van der Waals surface area contributed by atoms with Crippen LogP contribution in [0.15, 0.2) is 12.4 Å². The fourth-order valence-electron chi connectivity index (χ4n) is 2.19. The lowest BCUT2D eigenvalue weighted by atomic mass is 9.94. The molecule has 2 rings (SSSR count). The molecule has 5 heteroatoms. The molecule has 1 aliphatic heterocycles. The van der Waals surface area contributed by atoms with Gasteiger partial charge in [0.2, 0.25) is 5.95 Å². The standard InChI is InChI=1S/C12H19FN4/c1-17-6-3-10(4-7-17)2-5-14-12-8-11(13)15-9-16-12/h8-10H,2-7H2,1H3,(H,14,15,16). The number of rotatable bonds is 4. The van der Waals surface area contributed by atoms with Gasteiger partial charge in [0.15, 0.2) is 0 Å². The van der Waals surface area contributed by atoms with E-state index in [0.717, 1.165) is 18.9 Å². The van der Waals surface area contributed by atoms with Crippen LogP contribution in [-0.2, 0) is 0 Å². The smallest absolute Gasteiger partial charge is 0.217 e. The summed E-state index contributed by atoms with van der Waals surface area (Å²) in [7, 11) is 2.16. The van der Waals surface area contributed by atoms with E-state index in [9.17, 15) is 4.39 Å². The van der Waals surface area contributed by atoms with Gasteiger partial charge < -0.3 is 10.2 Å². The molecule has 0 saturated carbocycles. The predicted molar refractivity (Wildman–Crippen MR) is 65.3 cm³/mol. The molecule has 0 unspecified atom stereocenters. The summed E-state index contributed by atoms with van der Waals surface area (Å²) >= 11 is 0. The van der Waals surface area contributed by atoms with Crippen molar-refractivity contribution in [3.8, 4) is 0 Å². The average Bonchev–Trinajstić information content (AvgIpc) is 2.32. The zero-order valence-corrected chi connectivity index (χ0v) is 10.2. The molecule has 0 bridgehead atoms. The van der Waals surface area contributed by atoms with Gasteiger partial charge in [-0.1, -0.05) is 0 Å². The first-order valence-corrected chi connectivity index (χ1v) is 6.14. The zero-order valence-electron chi connectivity index (χ0n) is 10.2. The van der Waals surface area contributed by atoms with E-state index < -0.39 is 5.95 Å². The molecule has 0 aliphatic carbocycles. The fourth-order valence-corrected chi connectivity index (χ4v) is 2.19. The lowest BCUT2D eigenvalue weighted by Gasteiger charge is -2.28. The van der Waals surface area contributed by atoms with Crippen LogP contribution >= 0.6 is 0 Å². The highest BCUT2D eigenvalue weighted by atomic mass is 19.1. The number of piperidine rings is 1. The Kier molecular flexibility index (Phi) is 4.25. The van der Waals surface area contributed by atoms with Gasteiger partial charge in [-0.2, -0.15) is 4.39 Å². The van der Waals surface area contributed by atoms with Crippen LogP contribution in [0.3, 0.4) is 0 Å². The van der Waals surface area contributed by atoms with Crippen molar-refractivity contribution in [3.05, 3.63) is 18.3 Å². The average molecular weight is 238 g/mol. The van der Waals surface area contributed by atoms with E-state index in [1.807, 2.05) is 0 Å². The molecule has 1 saturated heterocycles. The van der Waals surface area contributed by atoms with Crippen LogP contribution in [-0.4, -0.2) is 41.5 Å². The Morgan fingerprint density at radius 2 is 2.18 bits per heavy atom. The van der Waals surface area contributed by atoms with Crippen molar-refractivity contribution >= 4 is 5.82 Å². The summed E-state index contributed by atoms with van der Waals surface area (Å²) in [6.07, 6.45) is 4.89. The van der Waals surface area contributed by atoms with E-state index in [1.165, 1.54) is 38.3 Å². The Morgan fingerprint density at radius 3 is 2.88 bits per heavy atom. The van der Waals surface area contributed by atoms with Crippen molar-refractivity contribution in [3.63, 3.8) is 0 Å². The molecule has 1 fully saturated rings. The van der Waals surface area contributed by atoms with E-state index in [1.54, 1.807) is 0 Å². The maximum atomic E-state index is 12.8. The van der Waals surface area contributed by atoms with Gasteiger partial charge in [-0.3, -0.25) is 0 Å². The highest BCUT2D eigenvalue weighted by molar-refractivity contribution is 5.31. The van der Waals surface area contributed by atoms with E-state index in [-0.39, 0.29) is 0 Å². The number of aromatic nitrogens is 2. The summed E-state index contributed by atoms with van der Waals surface area (Å²) in [6.45, 7) is 3.23. The van der Waals surface area contributed by atoms with E-state index >= 15 is 0 Å². The van der Waals surface area contributed by atoms with Gasteiger partial charge in [-0.25, -0.2) is 9.97 Å². The first kappa shape index (κ1) is 12.2. The SMILES string of the molecule is CN1CCC(CCNc2cc(F)ncn2)CC1. The first-order chi connectivity index (χ1) is 8.24. The lowest BCUT2D eigenvalue weighted by molar-refractivity contribution is 0.215. The van der Waals surface area contributed by atoms with Gasteiger partial charge >= 0.3 is 0 Å². The van der Waals surface area contributed by atoms with Crippen molar-refractivity contribution in [2.75, 3.05) is 32.0 Å². The summed E-state index contributed by atoms with van der Waals surface area (Å²) in [5.41, 5.74) is 0. The molecule has 94 valence electrons. The second-order valence-electron chi connectivity index (χ2n) is 4.69. The Morgan fingerprint density at radius 1 is 1.41 bits per heavy atom. The van der Waals surface area contributed by atoms with Crippen LogP contribution in [0.5, 0.6) is 0 Å². The molecule has 0 atom stereocenters. The second-order valence-corrected chi connectivity index (χ2v) is 4.69. The number of nitrogens with zero attached hydrogens (tertiary/aromatic N) is 3. The minimum Gasteiger partial charge on any atom is -0.370 e. The van der Waals surface area contributed by atoms with Gasteiger partial charge in [-0.05, 0) is 45.3 Å². The molecular weight excluding hydrogens is 219 g/mol. The molecule has 1 N–H and O–H groups in total. The zero-order chi connectivity index (χ0) is 12.1. The number of hydrogen-bond acceptors (Lipinski definition) is 4. The Hall–Kier alpha value is -1.23. The molecule has 0 aromatic carbocycles. The van der Waals surface area contributed by atoms with E-state index in [4.69, 9.17) is 0 Å². The monoisotopic (exact) mass is 238 g/mol. The number of likely N-dealkylation sites (tertiary alicyclic amines) is 1. The summed E-state index contributed by atoms with van der Waals surface area (Å²) in [6, 6.07) is 1.33. The maximum absolute atomic E-state index is 12.8. The number of hydrogen-bond donors (Lipinski definition) is 1. The first-order valence-electron chi connectivity index (χ1n) is 6.14. The minimum absolute atomic E-state index is 0.484. The van der Waals surface area contributed by atoms with Crippen molar-refractivity contribution < 1.29 is 4.39 Å². The summed E-state index contributed by atoms with van der Waals surface area (Å²) < 4.78 is 12.8. The van der Waals surface area contributed by atoms with Crippen LogP contribution < -0.4 is 5.32 Å².